The van der Waals surface area contributed by atoms with Gasteiger partial charge in [-0.05, 0) is 0 Å². The van der Waals surface area contributed by atoms with Crippen LogP contribution in [0.2, 0.25) is 0 Å². The van der Waals surface area contributed by atoms with Crippen LogP contribution in [-0.2, 0) is 0 Å². The van der Waals surface area contributed by atoms with Crippen LogP contribution in [0.5, 0.6) is 0 Å². The second kappa shape index (κ2) is 4.82. The van der Waals surface area contributed by atoms with E-state index in [-0.39, 0.29) is 11.4 Å². The maximum absolute atomic E-state index is 12.9. The first kappa shape index (κ1) is 12.0. The molecule has 0 radical (unpaired) electrons. The third kappa shape index (κ3) is 2.45. The smallest absolute Gasteiger partial charge is 0.275 e. The summed E-state index contributed by atoms with van der Waals surface area (Å²) in [6, 6.07) is 1.35. The van der Waals surface area contributed by atoms with Gasteiger partial charge in [0.1, 0.15) is 5.69 Å². The normalized spacial score (nSPS) is 10.2. The minimum Gasteiger partial charge on any atom is -0.320 e. The van der Waals surface area contributed by atoms with Gasteiger partial charge in [-0.15, -0.1) is 0 Å². The van der Waals surface area contributed by atoms with Crippen molar-refractivity contribution in [3.05, 3.63) is 53.9 Å². The lowest BCUT2D eigenvalue weighted by molar-refractivity contribution is 0.102. The summed E-state index contributed by atoms with van der Waals surface area (Å²) in [4.78, 5) is 18.9. The van der Waals surface area contributed by atoms with Crippen LogP contribution in [0.4, 0.5) is 18.9 Å². The lowest BCUT2D eigenvalue weighted by Crippen LogP contribution is -2.14. The van der Waals surface area contributed by atoms with Crippen molar-refractivity contribution in [2.45, 2.75) is 0 Å². The number of hydrogen-bond donors (Lipinski definition) is 1. The number of halogens is 3. The Morgan fingerprint density at radius 3 is 2.33 bits per heavy atom. The van der Waals surface area contributed by atoms with Gasteiger partial charge in [0.2, 0.25) is 0 Å². The van der Waals surface area contributed by atoms with Crippen molar-refractivity contribution in [1.29, 1.82) is 0 Å². The van der Waals surface area contributed by atoms with Crippen molar-refractivity contribution in [3.8, 4) is 0 Å². The van der Waals surface area contributed by atoms with Crippen LogP contribution in [-0.4, -0.2) is 15.9 Å². The molecule has 0 saturated heterocycles. The van der Waals surface area contributed by atoms with Crippen LogP contribution in [0.3, 0.4) is 0 Å². The Morgan fingerprint density at radius 1 is 1.11 bits per heavy atom. The van der Waals surface area contributed by atoms with E-state index in [1.807, 2.05) is 0 Å². The average molecular weight is 253 g/mol. The molecule has 1 amide bonds. The minimum atomic E-state index is -1.59. The molecule has 0 spiro atoms. The van der Waals surface area contributed by atoms with E-state index in [1.54, 1.807) is 0 Å². The summed E-state index contributed by atoms with van der Waals surface area (Å²) in [7, 11) is 0. The Balaban J connectivity index is 2.23. The van der Waals surface area contributed by atoms with Gasteiger partial charge in [0, 0.05) is 30.2 Å². The number of anilines is 1. The summed E-state index contributed by atoms with van der Waals surface area (Å²) in [6.45, 7) is 0. The Labute approximate surface area is 99.5 Å². The van der Waals surface area contributed by atoms with Crippen molar-refractivity contribution < 1.29 is 18.0 Å². The highest BCUT2D eigenvalue weighted by Crippen LogP contribution is 2.17. The first-order valence-corrected chi connectivity index (χ1v) is 4.80. The van der Waals surface area contributed by atoms with E-state index in [4.69, 9.17) is 0 Å². The SMILES string of the molecule is O=C(Nc1cc(F)c(F)c(F)c1)c1cnccn1. The maximum Gasteiger partial charge on any atom is 0.275 e. The molecule has 0 aliphatic heterocycles. The molecule has 7 heteroatoms. The number of carbonyl (C=O) groups is 1. The largest absolute Gasteiger partial charge is 0.320 e. The quantitative estimate of drug-likeness (QED) is 0.834. The molecule has 4 nitrogen and oxygen atoms in total. The molecular weight excluding hydrogens is 247 g/mol. The molecule has 2 rings (SSSR count). The Hall–Kier alpha value is -2.44. The van der Waals surface area contributed by atoms with E-state index in [9.17, 15) is 18.0 Å². The lowest BCUT2D eigenvalue weighted by atomic mass is 10.2. The summed E-state index contributed by atoms with van der Waals surface area (Å²) in [5.74, 6) is -5.06. The third-order valence-electron chi connectivity index (χ3n) is 2.04. The van der Waals surface area contributed by atoms with Gasteiger partial charge in [-0.25, -0.2) is 18.2 Å². The van der Waals surface area contributed by atoms with E-state index >= 15 is 0 Å². The zero-order chi connectivity index (χ0) is 13.1. The predicted octanol–water partition coefficient (Wildman–Crippen LogP) is 2.15. The molecule has 1 heterocycles. The van der Waals surface area contributed by atoms with Gasteiger partial charge >= 0.3 is 0 Å². The standard InChI is InChI=1S/C11H6F3N3O/c12-7-3-6(4-8(13)10(7)14)17-11(18)9-5-15-1-2-16-9/h1-5H,(H,17,18). The van der Waals surface area contributed by atoms with Crippen molar-refractivity contribution in [1.82, 2.24) is 9.97 Å². The first-order chi connectivity index (χ1) is 8.58. The number of carbonyl (C=O) groups excluding carboxylic acids is 1. The third-order valence-corrected chi connectivity index (χ3v) is 2.04. The summed E-state index contributed by atoms with van der Waals surface area (Å²) in [5.41, 5.74) is -0.232. The number of nitrogens with zero attached hydrogens (tertiary/aromatic N) is 2. The molecule has 0 bridgehead atoms. The van der Waals surface area contributed by atoms with E-state index in [0.29, 0.717) is 12.1 Å². The minimum absolute atomic E-state index is 0.0253. The molecule has 0 aliphatic rings. The molecule has 92 valence electrons. The van der Waals surface area contributed by atoms with Gasteiger partial charge in [0.15, 0.2) is 17.5 Å². The maximum atomic E-state index is 12.9. The van der Waals surface area contributed by atoms with Crippen LogP contribution < -0.4 is 5.32 Å². The topological polar surface area (TPSA) is 54.9 Å². The molecule has 0 unspecified atom stereocenters. The van der Waals surface area contributed by atoms with Crippen LogP contribution in [0.15, 0.2) is 30.7 Å². The Kier molecular flexibility index (Phi) is 3.22. The molecule has 2 aromatic rings. The summed E-state index contributed by atoms with van der Waals surface area (Å²) in [5, 5.41) is 2.18. The zero-order valence-electron chi connectivity index (χ0n) is 8.82. The molecule has 0 fully saturated rings. The predicted molar refractivity (Wildman–Crippen MR) is 56.3 cm³/mol. The molecule has 0 aliphatic carbocycles. The monoisotopic (exact) mass is 253 g/mol. The number of rotatable bonds is 2. The van der Waals surface area contributed by atoms with Crippen LogP contribution in [0.25, 0.3) is 0 Å². The highest BCUT2D eigenvalue weighted by atomic mass is 19.2. The van der Waals surface area contributed by atoms with Gasteiger partial charge in [0.05, 0.1) is 6.20 Å². The number of aromatic nitrogens is 2. The highest BCUT2D eigenvalue weighted by Gasteiger charge is 2.13. The van der Waals surface area contributed by atoms with Crippen LogP contribution >= 0.6 is 0 Å². The van der Waals surface area contributed by atoms with Gasteiger partial charge in [-0.3, -0.25) is 9.78 Å². The Morgan fingerprint density at radius 2 is 1.78 bits per heavy atom. The van der Waals surface area contributed by atoms with E-state index in [0.717, 1.165) is 0 Å². The van der Waals surface area contributed by atoms with E-state index in [1.165, 1.54) is 18.6 Å². The number of hydrogen-bond acceptors (Lipinski definition) is 3. The molecule has 1 N–H and O–H groups in total. The molecule has 0 atom stereocenters. The average Bonchev–Trinajstić information content (AvgIpc) is 2.37. The first-order valence-electron chi connectivity index (χ1n) is 4.80. The fourth-order valence-electron chi connectivity index (χ4n) is 1.24. The number of benzene rings is 1. The summed E-state index contributed by atoms with van der Waals surface area (Å²) < 4.78 is 38.5. The second-order valence-electron chi connectivity index (χ2n) is 3.30. The van der Waals surface area contributed by atoms with E-state index < -0.39 is 23.4 Å². The molecular formula is C11H6F3N3O. The fourth-order valence-corrected chi connectivity index (χ4v) is 1.24. The highest BCUT2D eigenvalue weighted by molar-refractivity contribution is 6.02. The fraction of sp³-hybridized carbons (Fsp3) is 0. The van der Waals surface area contributed by atoms with Gasteiger partial charge in [-0.1, -0.05) is 0 Å². The van der Waals surface area contributed by atoms with Crippen LogP contribution in [0.1, 0.15) is 10.5 Å². The van der Waals surface area contributed by atoms with Crippen molar-refractivity contribution in [2.75, 3.05) is 5.32 Å². The Bertz CT molecular complexity index is 566. The molecule has 1 aromatic carbocycles. The van der Waals surface area contributed by atoms with Gasteiger partial charge < -0.3 is 5.32 Å². The molecule has 0 saturated carbocycles. The van der Waals surface area contributed by atoms with Crippen molar-refractivity contribution in [2.24, 2.45) is 0 Å². The zero-order valence-corrected chi connectivity index (χ0v) is 8.82. The second-order valence-corrected chi connectivity index (χ2v) is 3.30. The van der Waals surface area contributed by atoms with Crippen molar-refractivity contribution >= 4 is 11.6 Å². The van der Waals surface area contributed by atoms with Crippen molar-refractivity contribution in [3.63, 3.8) is 0 Å². The summed E-state index contributed by atoms with van der Waals surface area (Å²) >= 11 is 0. The van der Waals surface area contributed by atoms with Gasteiger partial charge in [-0.2, -0.15) is 0 Å². The van der Waals surface area contributed by atoms with E-state index in [2.05, 4.69) is 15.3 Å². The summed E-state index contributed by atoms with van der Waals surface area (Å²) in [6.07, 6.45) is 3.85. The number of amides is 1. The van der Waals surface area contributed by atoms with Crippen LogP contribution in [0, 0.1) is 17.5 Å². The molecule has 1 aromatic heterocycles. The number of nitrogens with one attached hydrogen (secondary N) is 1. The molecule has 18 heavy (non-hydrogen) atoms. The van der Waals surface area contributed by atoms with Gasteiger partial charge in [0.25, 0.3) is 5.91 Å². The lowest BCUT2D eigenvalue weighted by Gasteiger charge is -2.05.